The van der Waals surface area contributed by atoms with Crippen LogP contribution in [0, 0.1) is 11.6 Å². The Kier molecular flexibility index (Phi) is 5.92. The lowest BCUT2D eigenvalue weighted by Gasteiger charge is -2.41. The van der Waals surface area contributed by atoms with Crippen LogP contribution < -0.4 is 19.9 Å². The number of rotatable bonds is 3. The van der Waals surface area contributed by atoms with Crippen molar-refractivity contribution in [2.24, 2.45) is 0 Å². The quantitative estimate of drug-likeness (QED) is 0.713. The van der Waals surface area contributed by atoms with Gasteiger partial charge in [0.15, 0.2) is 17.4 Å². The maximum atomic E-state index is 14.1. The van der Waals surface area contributed by atoms with Gasteiger partial charge in [0.2, 0.25) is 5.91 Å². The van der Waals surface area contributed by atoms with Crippen molar-refractivity contribution in [2.45, 2.75) is 19.4 Å². The minimum absolute atomic E-state index is 0.0342. The number of fused-ring (bicyclic) bond motifs is 1. The van der Waals surface area contributed by atoms with Gasteiger partial charge in [-0.2, -0.15) is 0 Å². The second-order valence-corrected chi connectivity index (χ2v) is 8.16. The number of likely N-dealkylation sites (N-methyl/N-ethyl adjacent to an activating group) is 1. The summed E-state index contributed by atoms with van der Waals surface area (Å²) in [4.78, 5) is 41.8. The summed E-state index contributed by atoms with van der Waals surface area (Å²) in [5.74, 6) is -3.58. The Morgan fingerprint density at radius 3 is 2.45 bits per heavy atom. The summed E-state index contributed by atoms with van der Waals surface area (Å²) < 4.78 is 32.9. The minimum atomic E-state index is -0.806. The molecule has 3 amide bonds. The Morgan fingerprint density at radius 2 is 1.82 bits per heavy atom. The molecule has 2 aliphatic rings. The molecule has 0 spiro atoms. The van der Waals surface area contributed by atoms with Gasteiger partial charge >= 0.3 is 11.8 Å². The van der Waals surface area contributed by atoms with E-state index in [1.54, 1.807) is 30.1 Å². The van der Waals surface area contributed by atoms with E-state index in [1.807, 2.05) is 6.92 Å². The molecule has 0 saturated carbocycles. The van der Waals surface area contributed by atoms with Crippen LogP contribution in [-0.2, 0) is 20.8 Å². The summed E-state index contributed by atoms with van der Waals surface area (Å²) in [6, 6.07) is 7.19. The lowest BCUT2D eigenvalue weighted by molar-refractivity contribution is -0.143. The number of halogens is 2. The van der Waals surface area contributed by atoms with E-state index in [0.717, 1.165) is 5.56 Å². The van der Waals surface area contributed by atoms with Gasteiger partial charge in [0.25, 0.3) is 0 Å². The Hall–Kier alpha value is -3.69. The molecule has 174 valence electrons. The number of carbonyl (C=O) groups excluding carboxylic acids is 3. The minimum Gasteiger partial charge on any atom is -0.491 e. The molecule has 1 fully saturated rings. The molecule has 0 bridgehead atoms. The Labute approximate surface area is 189 Å². The highest BCUT2D eigenvalue weighted by atomic mass is 19.1. The molecule has 0 unspecified atom stereocenters. The Balaban J connectivity index is 1.41. The lowest BCUT2D eigenvalue weighted by Crippen LogP contribution is -2.55. The second-order valence-electron chi connectivity index (χ2n) is 8.16. The van der Waals surface area contributed by atoms with Crippen molar-refractivity contribution in [3.05, 3.63) is 47.5 Å². The monoisotopic (exact) mass is 458 g/mol. The zero-order chi connectivity index (χ0) is 23.9. The molecule has 1 atom stereocenters. The fraction of sp³-hybridized carbons (Fsp3) is 0.348. The zero-order valence-corrected chi connectivity index (χ0v) is 18.5. The van der Waals surface area contributed by atoms with Gasteiger partial charge in [-0.3, -0.25) is 14.4 Å². The number of ether oxygens (including phenoxy) is 1. The topological polar surface area (TPSA) is 82.2 Å². The third kappa shape index (κ3) is 4.20. The van der Waals surface area contributed by atoms with E-state index in [-0.39, 0.29) is 25.0 Å². The standard InChI is InChI=1S/C23H24F2N4O4/c1-13-12-28(6-7-29(13)16-10-17(24)21(33-3)18(25)11-16)23(32)22(31)26-15-5-4-14-8-20(30)27(2)19(14)9-15/h4-5,9-11,13H,6-8,12H2,1-3H3,(H,26,31)/t13-/m1/s1. The van der Waals surface area contributed by atoms with Crippen LogP contribution >= 0.6 is 0 Å². The molecule has 8 nitrogen and oxygen atoms in total. The van der Waals surface area contributed by atoms with Crippen molar-refractivity contribution in [2.75, 3.05) is 48.9 Å². The van der Waals surface area contributed by atoms with Gasteiger partial charge in [0.1, 0.15) is 0 Å². The average Bonchev–Trinajstić information content (AvgIpc) is 3.06. The molecule has 2 aromatic carbocycles. The highest BCUT2D eigenvalue weighted by Gasteiger charge is 2.31. The summed E-state index contributed by atoms with van der Waals surface area (Å²) in [7, 11) is 2.85. The number of hydrogen-bond acceptors (Lipinski definition) is 5. The van der Waals surface area contributed by atoms with Crippen LogP contribution in [0.3, 0.4) is 0 Å². The first-order valence-corrected chi connectivity index (χ1v) is 10.5. The number of amides is 3. The molecule has 2 aliphatic heterocycles. The number of methoxy groups -OCH3 is 1. The molecule has 2 heterocycles. The molecular formula is C23H24F2N4O4. The summed E-state index contributed by atoms with van der Waals surface area (Å²) in [6.45, 7) is 2.54. The molecule has 10 heteroatoms. The number of nitrogens with zero attached hydrogens (tertiary/aromatic N) is 3. The molecule has 1 saturated heterocycles. The summed E-state index contributed by atoms with van der Waals surface area (Å²) in [5, 5.41) is 2.59. The number of benzene rings is 2. The number of nitrogens with one attached hydrogen (secondary N) is 1. The molecule has 1 N–H and O–H groups in total. The first kappa shape index (κ1) is 22.5. The number of anilines is 3. The van der Waals surface area contributed by atoms with Crippen molar-refractivity contribution in [3.8, 4) is 5.75 Å². The second kappa shape index (κ2) is 8.68. The van der Waals surface area contributed by atoms with E-state index in [1.165, 1.54) is 29.0 Å². The molecule has 0 radical (unpaired) electrons. The van der Waals surface area contributed by atoms with E-state index in [4.69, 9.17) is 4.74 Å². The Bertz CT molecular complexity index is 1120. The third-order valence-corrected chi connectivity index (χ3v) is 6.05. The summed E-state index contributed by atoms with van der Waals surface area (Å²) in [5.41, 5.74) is 2.32. The van der Waals surface area contributed by atoms with Crippen LogP contribution in [0.15, 0.2) is 30.3 Å². The van der Waals surface area contributed by atoms with Crippen LogP contribution in [0.25, 0.3) is 0 Å². The highest BCUT2D eigenvalue weighted by Crippen LogP contribution is 2.31. The molecule has 33 heavy (non-hydrogen) atoms. The first-order valence-electron chi connectivity index (χ1n) is 10.5. The van der Waals surface area contributed by atoms with Crippen molar-refractivity contribution in [1.29, 1.82) is 0 Å². The number of carbonyl (C=O) groups is 3. The molecule has 0 aromatic heterocycles. The smallest absolute Gasteiger partial charge is 0.313 e. The lowest BCUT2D eigenvalue weighted by atomic mass is 10.1. The average molecular weight is 458 g/mol. The van der Waals surface area contributed by atoms with Crippen LogP contribution in [0.1, 0.15) is 12.5 Å². The first-order chi connectivity index (χ1) is 15.7. The molecule has 0 aliphatic carbocycles. The normalized spacial score (nSPS) is 17.8. The van der Waals surface area contributed by atoms with Crippen molar-refractivity contribution in [3.63, 3.8) is 0 Å². The van der Waals surface area contributed by atoms with Crippen molar-refractivity contribution < 1.29 is 27.9 Å². The predicted octanol–water partition coefficient (Wildman–Crippen LogP) is 2.17. The summed E-state index contributed by atoms with van der Waals surface area (Å²) >= 11 is 0. The van der Waals surface area contributed by atoms with E-state index >= 15 is 0 Å². The van der Waals surface area contributed by atoms with E-state index < -0.39 is 29.2 Å². The fourth-order valence-corrected chi connectivity index (χ4v) is 4.28. The van der Waals surface area contributed by atoms with Crippen LogP contribution in [0.2, 0.25) is 0 Å². The van der Waals surface area contributed by atoms with Crippen LogP contribution in [0.4, 0.5) is 25.8 Å². The van der Waals surface area contributed by atoms with Gasteiger partial charge in [-0.1, -0.05) is 6.07 Å². The van der Waals surface area contributed by atoms with Gasteiger partial charge < -0.3 is 24.8 Å². The maximum Gasteiger partial charge on any atom is 0.313 e. The van der Waals surface area contributed by atoms with Gasteiger partial charge in [0.05, 0.1) is 13.5 Å². The highest BCUT2D eigenvalue weighted by molar-refractivity contribution is 6.39. The van der Waals surface area contributed by atoms with E-state index in [0.29, 0.717) is 30.0 Å². The SMILES string of the molecule is COc1c(F)cc(N2CCN(C(=O)C(=O)Nc3ccc4c(c3)N(C)C(=O)C4)C[C@H]2C)cc1F. The molecule has 4 rings (SSSR count). The van der Waals surface area contributed by atoms with Crippen molar-refractivity contribution >= 4 is 34.8 Å². The van der Waals surface area contributed by atoms with E-state index in [2.05, 4.69) is 5.32 Å². The van der Waals surface area contributed by atoms with Gasteiger partial charge in [-0.15, -0.1) is 0 Å². The van der Waals surface area contributed by atoms with Crippen molar-refractivity contribution in [1.82, 2.24) is 4.90 Å². The van der Waals surface area contributed by atoms with Crippen LogP contribution in [-0.4, -0.2) is 62.5 Å². The predicted molar refractivity (Wildman–Crippen MR) is 118 cm³/mol. The Morgan fingerprint density at radius 1 is 1.12 bits per heavy atom. The van der Waals surface area contributed by atoms with Gasteiger partial charge in [0, 0.05) is 61.9 Å². The van der Waals surface area contributed by atoms with E-state index in [9.17, 15) is 23.2 Å². The summed E-state index contributed by atoms with van der Waals surface area (Å²) in [6.07, 6.45) is 0.309. The van der Waals surface area contributed by atoms with Gasteiger partial charge in [-0.05, 0) is 24.6 Å². The number of hydrogen-bond donors (Lipinski definition) is 1. The third-order valence-electron chi connectivity index (χ3n) is 6.05. The maximum absolute atomic E-state index is 14.1. The fourth-order valence-electron chi connectivity index (χ4n) is 4.28. The van der Waals surface area contributed by atoms with Gasteiger partial charge in [-0.25, -0.2) is 8.78 Å². The largest absolute Gasteiger partial charge is 0.491 e. The van der Waals surface area contributed by atoms with Crippen LogP contribution in [0.5, 0.6) is 5.75 Å². The molecular weight excluding hydrogens is 434 g/mol. The number of piperazine rings is 1. The molecule has 2 aromatic rings. The zero-order valence-electron chi connectivity index (χ0n) is 18.5.